The Hall–Kier alpha value is 2.56. The molecular formula is Cu5O. The fourth-order valence-electron chi connectivity index (χ4n) is 0. The molecule has 1 nitrogen and oxygen atoms in total. The summed E-state index contributed by atoms with van der Waals surface area (Å²) in [5.41, 5.74) is 0. The van der Waals surface area contributed by atoms with Gasteiger partial charge in [0.1, 0.15) is 0 Å². The molecule has 0 aromatic heterocycles. The Labute approximate surface area is 89.8 Å². The average molecular weight is 334 g/mol. The van der Waals surface area contributed by atoms with Crippen LogP contribution in [-0.2, 0) is 90.8 Å². The Morgan fingerprint density at radius 1 is 0.500 bits per heavy atom. The van der Waals surface area contributed by atoms with E-state index in [1.54, 1.807) is 0 Å². The standard InChI is InChI=1S/5Cu.O/q;;;2*+1;-2. The van der Waals surface area contributed by atoms with Gasteiger partial charge in [0, 0.05) is 51.2 Å². The second-order valence-corrected chi connectivity index (χ2v) is 0. The summed E-state index contributed by atoms with van der Waals surface area (Å²) < 4.78 is 0. The SMILES string of the molecule is [Cu+].[Cu+].[Cu].[Cu].[Cu].[O-2]. The molecule has 0 atom stereocenters. The van der Waals surface area contributed by atoms with E-state index in [0.717, 1.165) is 0 Å². The molecule has 0 rings (SSSR count). The van der Waals surface area contributed by atoms with Crippen molar-refractivity contribution in [1.82, 2.24) is 0 Å². The van der Waals surface area contributed by atoms with Crippen LogP contribution < -0.4 is 0 Å². The van der Waals surface area contributed by atoms with Crippen molar-refractivity contribution in [2.24, 2.45) is 0 Å². The first-order valence-electron chi connectivity index (χ1n) is 0. The monoisotopic (exact) mass is 331 g/mol. The number of rotatable bonds is 0. The van der Waals surface area contributed by atoms with Gasteiger partial charge in [-0.2, -0.15) is 0 Å². The maximum atomic E-state index is 0. The third-order valence-corrected chi connectivity index (χ3v) is 0. The minimum absolute atomic E-state index is 0. The van der Waals surface area contributed by atoms with Crippen molar-refractivity contribution in [1.29, 1.82) is 0 Å². The van der Waals surface area contributed by atoms with E-state index >= 15 is 0 Å². The minimum Gasteiger partial charge on any atom is -2.00 e. The quantitative estimate of drug-likeness (QED) is 0.553. The van der Waals surface area contributed by atoms with E-state index in [1.807, 2.05) is 0 Å². The molecule has 0 amide bonds. The van der Waals surface area contributed by atoms with Crippen molar-refractivity contribution in [3.05, 3.63) is 0 Å². The van der Waals surface area contributed by atoms with Gasteiger partial charge in [-0.05, 0) is 0 Å². The normalized spacial score (nSPS) is 0. The topological polar surface area (TPSA) is 28.5 Å². The summed E-state index contributed by atoms with van der Waals surface area (Å²) in [5.74, 6) is 0. The third-order valence-electron chi connectivity index (χ3n) is 0. The van der Waals surface area contributed by atoms with Crippen LogP contribution in [0, 0.1) is 0 Å². The number of hydrogen-bond donors (Lipinski definition) is 0. The Morgan fingerprint density at radius 2 is 0.500 bits per heavy atom. The summed E-state index contributed by atoms with van der Waals surface area (Å²) in [6, 6.07) is 0. The van der Waals surface area contributed by atoms with Gasteiger partial charge < -0.3 is 5.48 Å². The Kier molecular flexibility index (Phi) is 619. The number of hydrogen-bond acceptors (Lipinski definition) is 0. The molecule has 0 spiro atoms. The molecule has 0 aliphatic carbocycles. The Balaban J connectivity index is 0. The molecule has 0 fully saturated rings. The summed E-state index contributed by atoms with van der Waals surface area (Å²) in [5, 5.41) is 0. The molecule has 0 aliphatic heterocycles. The van der Waals surface area contributed by atoms with Gasteiger partial charge in [-0.15, -0.1) is 0 Å². The first-order chi connectivity index (χ1) is 0. The fraction of sp³-hybridized carbons (Fsp3) is 0. The van der Waals surface area contributed by atoms with Gasteiger partial charge in [0.05, 0.1) is 0 Å². The molecule has 0 N–H and O–H groups in total. The molecule has 0 unspecified atom stereocenters. The zero-order valence-electron chi connectivity index (χ0n) is 1.92. The van der Waals surface area contributed by atoms with E-state index in [-0.39, 0.29) is 90.8 Å². The predicted molar refractivity (Wildman–Crippen MR) is 0.686 cm³/mol. The van der Waals surface area contributed by atoms with Crippen LogP contribution in [0.3, 0.4) is 0 Å². The molecule has 6 heavy (non-hydrogen) atoms. The summed E-state index contributed by atoms with van der Waals surface area (Å²) >= 11 is 0. The molecule has 0 saturated heterocycles. The van der Waals surface area contributed by atoms with Gasteiger partial charge in [0.2, 0.25) is 0 Å². The van der Waals surface area contributed by atoms with E-state index in [1.165, 1.54) is 0 Å². The van der Waals surface area contributed by atoms with Crippen molar-refractivity contribution in [2.45, 2.75) is 0 Å². The van der Waals surface area contributed by atoms with Gasteiger partial charge in [-0.1, -0.05) is 0 Å². The van der Waals surface area contributed by atoms with Gasteiger partial charge >= 0.3 is 34.1 Å². The van der Waals surface area contributed by atoms with Crippen molar-refractivity contribution in [2.75, 3.05) is 0 Å². The Bertz CT molecular complexity index is 3.90. The summed E-state index contributed by atoms with van der Waals surface area (Å²) in [4.78, 5) is 0. The third kappa shape index (κ3) is 31.0. The maximum absolute atomic E-state index is 0. The fourth-order valence-corrected chi connectivity index (χ4v) is 0. The van der Waals surface area contributed by atoms with Crippen LogP contribution in [0.15, 0.2) is 0 Å². The second-order valence-electron chi connectivity index (χ2n) is 0. The maximum Gasteiger partial charge on any atom is 1.00 e. The second kappa shape index (κ2) is 49.7. The molecule has 0 bridgehead atoms. The van der Waals surface area contributed by atoms with Crippen LogP contribution in [0.1, 0.15) is 0 Å². The first kappa shape index (κ1) is 74.7. The zero-order chi connectivity index (χ0) is 0. The van der Waals surface area contributed by atoms with Crippen LogP contribution in [0.25, 0.3) is 0 Å². The van der Waals surface area contributed by atoms with E-state index in [2.05, 4.69) is 0 Å². The van der Waals surface area contributed by atoms with Gasteiger partial charge in [-0.25, -0.2) is 0 Å². The molecule has 61 valence electrons. The molecule has 0 aromatic carbocycles. The molecule has 6 heteroatoms. The van der Waals surface area contributed by atoms with Crippen LogP contribution >= 0.6 is 0 Å². The van der Waals surface area contributed by atoms with Crippen LogP contribution in [0.5, 0.6) is 0 Å². The molecule has 3 radical (unpaired) electrons. The summed E-state index contributed by atoms with van der Waals surface area (Å²) in [6.07, 6.45) is 0. The summed E-state index contributed by atoms with van der Waals surface area (Å²) in [6.45, 7) is 0. The first-order valence-corrected chi connectivity index (χ1v) is 0. The predicted octanol–water partition coefficient (Wildman–Crippen LogP) is -0.131. The van der Waals surface area contributed by atoms with Crippen molar-refractivity contribution < 1.29 is 90.8 Å². The van der Waals surface area contributed by atoms with Crippen molar-refractivity contribution in [3.8, 4) is 0 Å². The molecule has 0 aromatic rings. The van der Waals surface area contributed by atoms with Gasteiger partial charge in [0.25, 0.3) is 0 Å². The van der Waals surface area contributed by atoms with Gasteiger partial charge in [0.15, 0.2) is 0 Å². The van der Waals surface area contributed by atoms with Crippen LogP contribution in [0.4, 0.5) is 0 Å². The largest absolute Gasteiger partial charge is 2.00 e. The molecular weight excluding hydrogens is 334 g/mol. The molecule has 0 saturated carbocycles. The van der Waals surface area contributed by atoms with E-state index in [4.69, 9.17) is 0 Å². The van der Waals surface area contributed by atoms with E-state index < -0.39 is 0 Å². The Morgan fingerprint density at radius 3 is 0.500 bits per heavy atom. The zero-order valence-corrected chi connectivity index (χ0v) is 6.62. The van der Waals surface area contributed by atoms with E-state index in [9.17, 15) is 0 Å². The summed E-state index contributed by atoms with van der Waals surface area (Å²) in [7, 11) is 0. The van der Waals surface area contributed by atoms with Crippen molar-refractivity contribution in [3.63, 3.8) is 0 Å². The average Bonchev–Trinajstić information content (AvgIpc) is 0. The van der Waals surface area contributed by atoms with Crippen molar-refractivity contribution >= 4 is 0 Å². The minimum atomic E-state index is 0. The molecule has 0 heterocycles. The van der Waals surface area contributed by atoms with E-state index in [0.29, 0.717) is 0 Å². The van der Waals surface area contributed by atoms with Gasteiger partial charge in [-0.3, -0.25) is 0 Å². The molecule has 0 aliphatic rings. The van der Waals surface area contributed by atoms with Crippen LogP contribution in [-0.4, -0.2) is 0 Å². The van der Waals surface area contributed by atoms with Crippen LogP contribution in [0.2, 0.25) is 0 Å². The smallest absolute Gasteiger partial charge is 1.00 e.